The standard InChI is InChI=1S/C14H21NO4/c1-9(2)5-18-12(17)19-11(16)14-6-13(7-14,8-14)10-3-15-4-10/h9-10,15H,3-8H2,1-2H3. The van der Waals surface area contributed by atoms with Crippen molar-refractivity contribution >= 4 is 12.1 Å². The van der Waals surface area contributed by atoms with Crippen molar-refractivity contribution in [2.24, 2.45) is 22.7 Å². The van der Waals surface area contributed by atoms with Crippen LogP contribution in [0, 0.1) is 22.7 Å². The third-order valence-corrected chi connectivity index (χ3v) is 4.86. The molecule has 0 aromatic carbocycles. The summed E-state index contributed by atoms with van der Waals surface area (Å²) in [5.74, 6) is 0.581. The molecule has 0 atom stereocenters. The molecule has 3 saturated carbocycles. The van der Waals surface area contributed by atoms with Crippen LogP contribution in [0.3, 0.4) is 0 Å². The molecule has 1 heterocycles. The molecule has 5 nitrogen and oxygen atoms in total. The van der Waals surface area contributed by atoms with Crippen molar-refractivity contribution in [2.45, 2.75) is 33.1 Å². The molecular formula is C14H21NO4. The Labute approximate surface area is 113 Å². The summed E-state index contributed by atoms with van der Waals surface area (Å²) >= 11 is 0. The van der Waals surface area contributed by atoms with Crippen molar-refractivity contribution in [2.75, 3.05) is 19.7 Å². The molecular weight excluding hydrogens is 246 g/mol. The number of hydrogen-bond donors (Lipinski definition) is 1. The highest BCUT2D eigenvalue weighted by Gasteiger charge is 2.75. The van der Waals surface area contributed by atoms with Gasteiger partial charge in [0, 0.05) is 0 Å². The number of rotatable bonds is 4. The maximum Gasteiger partial charge on any atom is 0.516 e. The minimum Gasteiger partial charge on any atom is -0.434 e. The molecule has 0 spiro atoms. The van der Waals surface area contributed by atoms with Crippen molar-refractivity contribution in [3.63, 3.8) is 0 Å². The lowest BCUT2D eigenvalue weighted by Gasteiger charge is -2.72. The van der Waals surface area contributed by atoms with Crippen LogP contribution in [0.1, 0.15) is 33.1 Å². The highest BCUT2D eigenvalue weighted by Crippen LogP contribution is 2.76. The molecule has 1 aliphatic heterocycles. The van der Waals surface area contributed by atoms with Crippen LogP contribution in [0.15, 0.2) is 0 Å². The molecule has 4 rings (SSSR count). The Hall–Kier alpha value is -1.10. The minimum atomic E-state index is -0.845. The lowest BCUT2D eigenvalue weighted by molar-refractivity contribution is -0.249. The van der Waals surface area contributed by atoms with Gasteiger partial charge < -0.3 is 14.8 Å². The van der Waals surface area contributed by atoms with Gasteiger partial charge >= 0.3 is 12.1 Å². The second-order valence-corrected chi connectivity index (χ2v) is 6.87. The summed E-state index contributed by atoms with van der Waals surface area (Å²) in [6, 6.07) is 0. The zero-order valence-corrected chi connectivity index (χ0v) is 11.5. The topological polar surface area (TPSA) is 64.6 Å². The van der Waals surface area contributed by atoms with Crippen molar-refractivity contribution in [3.8, 4) is 0 Å². The maximum atomic E-state index is 12.0. The van der Waals surface area contributed by atoms with E-state index >= 15 is 0 Å². The first-order chi connectivity index (χ1) is 8.96. The van der Waals surface area contributed by atoms with Crippen molar-refractivity contribution in [1.82, 2.24) is 5.32 Å². The van der Waals surface area contributed by atoms with Crippen LogP contribution in [-0.2, 0) is 14.3 Å². The maximum absolute atomic E-state index is 12.0. The summed E-state index contributed by atoms with van der Waals surface area (Å²) in [4.78, 5) is 23.3. The van der Waals surface area contributed by atoms with Gasteiger partial charge in [0.05, 0.1) is 12.0 Å². The zero-order chi connectivity index (χ0) is 13.7. The highest BCUT2D eigenvalue weighted by molar-refractivity contribution is 5.88. The SMILES string of the molecule is CC(C)COC(=O)OC(=O)C12CC(C3CNC3)(C1)C2. The molecule has 0 aromatic heterocycles. The first-order valence-corrected chi connectivity index (χ1v) is 7.06. The van der Waals surface area contributed by atoms with Gasteiger partial charge in [0.1, 0.15) is 0 Å². The molecule has 0 radical (unpaired) electrons. The monoisotopic (exact) mass is 267 g/mol. The van der Waals surface area contributed by atoms with E-state index in [1.165, 1.54) is 0 Å². The Bertz CT molecular complexity index is 394. The molecule has 19 heavy (non-hydrogen) atoms. The Morgan fingerprint density at radius 2 is 1.89 bits per heavy atom. The number of carbonyl (C=O) groups is 2. The van der Waals surface area contributed by atoms with E-state index in [1.807, 2.05) is 13.8 Å². The van der Waals surface area contributed by atoms with E-state index in [9.17, 15) is 9.59 Å². The van der Waals surface area contributed by atoms with Gasteiger partial charge in [-0.3, -0.25) is 4.79 Å². The molecule has 0 amide bonds. The molecule has 1 saturated heterocycles. The lowest BCUT2D eigenvalue weighted by Crippen LogP contribution is -2.72. The van der Waals surface area contributed by atoms with Gasteiger partial charge in [-0.15, -0.1) is 0 Å². The van der Waals surface area contributed by atoms with Crippen molar-refractivity contribution in [1.29, 1.82) is 0 Å². The lowest BCUT2D eigenvalue weighted by atomic mass is 9.31. The smallest absolute Gasteiger partial charge is 0.434 e. The van der Waals surface area contributed by atoms with E-state index in [1.54, 1.807) is 0 Å². The number of ether oxygens (including phenoxy) is 2. The van der Waals surface area contributed by atoms with Gasteiger partial charge in [-0.25, -0.2) is 4.79 Å². The third-order valence-electron chi connectivity index (χ3n) is 4.86. The summed E-state index contributed by atoms with van der Waals surface area (Å²) < 4.78 is 9.67. The van der Waals surface area contributed by atoms with E-state index < -0.39 is 6.16 Å². The molecule has 0 aromatic rings. The Kier molecular flexibility index (Phi) is 2.85. The van der Waals surface area contributed by atoms with Crippen LogP contribution in [0.4, 0.5) is 4.79 Å². The molecule has 0 unspecified atom stereocenters. The molecule has 4 fully saturated rings. The average Bonchev–Trinajstić information content (AvgIpc) is 2.14. The predicted molar refractivity (Wildman–Crippen MR) is 67.4 cm³/mol. The van der Waals surface area contributed by atoms with Gasteiger partial charge in [-0.2, -0.15) is 0 Å². The summed E-state index contributed by atoms with van der Waals surface area (Å²) in [5.41, 5.74) is -0.00144. The molecule has 5 heteroatoms. The minimum absolute atomic E-state index is 0.243. The Morgan fingerprint density at radius 3 is 2.37 bits per heavy atom. The van der Waals surface area contributed by atoms with E-state index in [-0.39, 0.29) is 23.9 Å². The van der Waals surface area contributed by atoms with Gasteiger partial charge in [0.25, 0.3) is 0 Å². The Balaban J connectivity index is 1.44. The predicted octanol–water partition coefficient (Wildman–Crippen LogP) is 1.71. The summed E-state index contributed by atoms with van der Waals surface area (Å²) in [6.45, 7) is 6.30. The Morgan fingerprint density at radius 1 is 1.26 bits per heavy atom. The van der Waals surface area contributed by atoms with Crippen molar-refractivity contribution < 1.29 is 19.1 Å². The summed E-state index contributed by atoms with van der Waals surface area (Å²) in [6.07, 6.45) is 1.83. The largest absolute Gasteiger partial charge is 0.516 e. The molecule has 4 aliphatic rings. The van der Waals surface area contributed by atoms with Gasteiger partial charge in [0.15, 0.2) is 0 Å². The third kappa shape index (κ3) is 1.95. The van der Waals surface area contributed by atoms with Gasteiger partial charge in [-0.1, -0.05) is 13.8 Å². The first kappa shape index (κ1) is 12.9. The van der Waals surface area contributed by atoms with Crippen LogP contribution < -0.4 is 5.32 Å². The highest BCUT2D eigenvalue weighted by atomic mass is 16.7. The molecule has 106 valence electrons. The fourth-order valence-electron chi connectivity index (χ4n) is 3.69. The first-order valence-electron chi connectivity index (χ1n) is 7.06. The van der Waals surface area contributed by atoms with Gasteiger partial charge in [0.2, 0.25) is 0 Å². The fraction of sp³-hybridized carbons (Fsp3) is 0.857. The molecule has 2 bridgehead atoms. The van der Waals surface area contributed by atoms with Crippen molar-refractivity contribution in [3.05, 3.63) is 0 Å². The number of esters is 1. The van der Waals surface area contributed by atoms with E-state index in [4.69, 9.17) is 9.47 Å². The van der Waals surface area contributed by atoms with Crippen LogP contribution in [-0.4, -0.2) is 31.8 Å². The van der Waals surface area contributed by atoms with Crippen LogP contribution in [0.25, 0.3) is 0 Å². The van der Waals surface area contributed by atoms with Crippen LogP contribution >= 0.6 is 0 Å². The van der Waals surface area contributed by atoms with E-state index in [0.29, 0.717) is 5.41 Å². The molecule has 1 N–H and O–H groups in total. The zero-order valence-electron chi connectivity index (χ0n) is 11.5. The summed E-state index contributed by atoms with van der Waals surface area (Å²) in [7, 11) is 0. The van der Waals surface area contributed by atoms with Crippen LogP contribution in [0.5, 0.6) is 0 Å². The number of nitrogens with one attached hydrogen (secondary N) is 1. The van der Waals surface area contributed by atoms with Crippen LogP contribution in [0.2, 0.25) is 0 Å². The normalized spacial score (nSPS) is 35.9. The summed E-state index contributed by atoms with van der Waals surface area (Å²) in [5, 5.41) is 3.27. The van der Waals surface area contributed by atoms with Gasteiger partial charge in [-0.05, 0) is 49.6 Å². The number of carbonyl (C=O) groups excluding carboxylic acids is 2. The molecule has 3 aliphatic carbocycles. The second kappa shape index (κ2) is 4.20. The second-order valence-electron chi connectivity index (χ2n) is 6.87. The fourth-order valence-corrected chi connectivity index (χ4v) is 3.69. The van der Waals surface area contributed by atoms with E-state index in [0.717, 1.165) is 38.3 Å². The average molecular weight is 267 g/mol. The van der Waals surface area contributed by atoms with E-state index in [2.05, 4.69) is 5.32 Å². The quantitative estimate of drug-likeness (QED) is 0.620. The number of hydrogen-bond acceptors (Lipinski definition) is 5.